The van der Waals surface area contributed by atoms with Gasteiger partial charge in [-0.2, -0.15) is 0 Å². The molecular formula is C14H15FN3O3+. The predicted molar refractivity (Wildman–Crippen MR) is 74.6 cm³/mol. The third-order valence-electron chi connectivity index (χ3n) is 3.07. The summed E-state index contributed by atoms with van der Waals surface area (Å²) in [6, 6.07) is 7.18. The van der Waals surface area contributed by atoms with Crippen molar-refractivity contribution in [3.05, 3.63) is 58.0 Å². The molecule has 0 saturated heterocycles. The molecule has 0 spiro atoms. The first-order chi connectivity index (χ1) is 10.0. The third-order valence-corrected chi connectivity index (χ3v) is 3.07. The number of H-pyrrole nitrogens is 1. The average molecular weight is 292 g/mol. The Balaban J connectivity index is 2.24. The zero-order valence-corrected chi connectivity index (χ0v) is 11.6. The summed E-state index contributed by atoms with van der Waals surface area (Å²) < 4.78 is 18.5. The zero-order valence-electron chi connectivity index (χ0n) is 11.6. The minimum Gasteiger partial charge on any atom is -0.494 e. The van der Waals surface area contributed by atoms with Crippen molar-refractivity contribution in [1.82, 2.24) is 0 Å². The average Bonchev–Trinajstić information content (AvgIpc) is 2.47. The summed E-state index contributed by atoms with van der Waals surface area (Å²) >= 11 is 0. The summed E-state index contributed by atoms with van der Waals surface area (Å²) in [5, 5.41) is 13.9. The van der Waals surface area contributed by atoms with E-state index in [2.05, 4.69) is 10.3 Å². The minimum atomic E-state index is -0.486. The highest BCUT2D eigenvalue weighted by atomic mass is 19.1. The smallest absolute Gasteiger partial charge is 0.357 e. The fourth-order valence-corrected chi connectivity index (χ4v) is 1.95. The Kier molecular flexibility index (Phi) is 4.32. The van der Waals surface area contributed by atoms with Crippen LogP contribution in [-0.4, -0.2) is 12.0 Å². The van der Waals surface area contributed by atoms with Crippen molar-refractivity contribution in [1.29, 1.82) is 0 Å². The molecule has 6 nitrogen and oxygen atoms in total. The van der Waals surface area contributed by atoms with E-state index in [1.165, 1.54) is 25.3 Å². The van der Waals surface area contributed by atoms with Crippen LogP contribution < -0.4 is 15.0 Å². The number of ether oxygens (including phenoxy) is 1. The van der Waals surface area contributed by atoms with Crippen LogP contribution in [0.5, 0.6) is 5.75 Å². The highest BCUT2D eigenvalue weighted by Gasteiger charge is 2.23. The van der Waals surface area contributed by atoms with Crippen molar-refractivity contribution in [2.75, 3.05) is 12.4 Å². The minimum absolute atomic E-state index is 0.0710. The Morgan fingerprint density at radius 3 is 2.81 bits per heavy atom. The largest absolute Gasteiger partial charge is 0.494 e. The van der Waals surface area contributed by atoms with Gasteiger partial charge >= 0.3 is 11.5 Å². The summed E-state index contributed by atoms with van der Waals surface area (Å²) in [5.41, 5.74) is 0.582. The first kappa shape index (κ1) is 14.7. The lowest BCUT2D eigenvalue weighted by Gasteiger charge is -2.10. The number of aromatic nitrogens is 1. The Morgan fingerprint density at radius 1 is 1.43 bits per heavy atom. The van der Waals surface area contributed by atoms with Crippen LogP contribution in [0.1, 0.15) is 18.5 Å². The van der Waals surface area contributed by atoms with Crippen molar-refractivity contribution >= 4 is 11.5 Å². The van der Waals surface area contributed by atoms with Gasteiger partial charge in [-0.25, -0.2) is 9.37 Å². The van der Waals surface area contributed by atoms with E-state index in [9.17, 15) is 14.5 Å². The van der Waals surface area contributed by atoms with Crippen molar-refractivity contribution in [3.8, 4) is 5.75 Å². The summed E-state index contributed by atoms with van der Waals surface area (Å²) in [7, 11) is 1.39. The van der Waals surface area contributed by atoms with Crippen LogP contribution in [0.3, 0.4) is 0 Å². The number of rotatable bonds is 5. The second kappa shape index (κ2) is 6.17. The SMILES string of the molecule is COc1ccc([C@@H](C)Nc2[nH+]cccc2[N+](=O)[O-])cc1F. The standard InChI is InChI=1S/C14H14FN3O3/c1-9(10-5-6-13(21-2)11(15)8-10)17-14-12(18(19)20)4-3-7-16-14/h3-9H,1-2H3,(H,16,17)/p+1/t9-/m1/s1. The molecule has 1 aromatic carbocycles. The highest BCUT2D eigenvalue weighted by molar-refractivity contribution is 5.52. The molecule has 1 aromatic heterocycles. The molecular weight excluding hydrogens is 277 g/mol. The first-order valence-corrected chi connectivity index (χ1v) is 6.28. The molecule has 1 heterocycles. The molecule has 7 heteroatoms. The number of pyridine rings is 1. The molecule has 2 rings (SSSR count). The van der Waals surface area contributed by atoms with Gasteiger partial charge in [0.05, 0.1) is 18.2 Å². The first-order valence-electron chi connectivity index (χ1n) is 6.28. The quantitative estimate of drug-likeness (QED) is 0.679. The maximum Gasteiger partial charge on any atom is 0.357 e. The summed E-state index contributed by atoms with van der Waals surface area (Å²) in [6.45, 7) is 1.78. The van der Waals surface area contributed by atoms with Crippen LogP contribution in [0.2, 0.25) is 0 Å². The van der Waals surface area contributed by atoms with Gasteiger partial charge in [0.2, 0.25) is 0 Å². The van der Waals surface area contributed by atoms with E-state index in [1.807, 2.05) is 0 Å². The molecule has 1 atom stereocenters. The van der Waals surface area contributed by atoms with Gasteiger partial charge < -0.3 is 4.74 Å². The van der Waals surface area contributed by atoms with Crippen LogP contribution in [0.25, 0.3) is 0 Å². The van der Waals surface area contributed by atoms with Gasteiger partial charge in [0.15, 0.2) is 11.6 Å². The van der Waals surface area contributed by atoms with E-state index in [0.717, 1.165) is 0 Å². The van der Waals surface area contributed by atoms with Gasteiger partial charge in [0, 0.05) is 6.07 Å². The number of nitrogens with one attached hydrogen (secondary N) is 2. The van der Waals surface area contributed by atoms with E-state index in [1.54, 1.807) is 25.3 Å². The highest BCUT2D eigenvalue weighted by Crippen LogP contribution is 2.26. The molecule has 0 amide bonds. The number of hydrogen-bond donors (Lipinski definition) is 1. The lowest BCUT2D eigenvalue weighted by atomic mass is 10.1. The van der Waals surface area contributed by atoms with Gasteiger partial charge in [-0.3, -0.25) is 15.4 Å². The number of nitro groups is 1. The number of aromatic amines is 1. The van der Waals surface area contributed by atoms with Crippen molar-refractivity contribution in [2.45, 2.75) is 13.0 Å². The molecule has 2 aromatic rings. The number of nitrogens with zero attached hydrogens (tertiary/aromatic N) is 1. The molecule has 0 aliphatic rings. The van der Waals surface area contributed by atoms with Crippen LogP contribution in [0, 0.1) is 15.9 Å². The fourth-order valence-electron chi connectivity index (χ4n) is 1.95. The number of anilines is 1. The fraction of sp³-hybridized carbons (Fsp3) is 0.214. The molecule has 0 aliphatic heterocycles. The van der Waals surface area contributed by atoms with Crippen LogP contribution in [0.4, 0.5) is 15.9 Å². The van der Waals surface area contributed by atoms with Gasteiger partial charge in [0.1, 0.15) is 6.04 Å². The Hall–Kier alpha value is -2.70. The number of benzene rings is 1. The normalized spacial score (nSPS) is 11.8. The topological polar surface area (TPSA) is 78.5 Å². The third kappa shape index (κ3) is 3.25. The molecule has 0 radical (unpaired) electrons. The van der Waals surface area contributed by atoms with Crippen LogP contribution >= 0.6 is 0 Å². The zero-order chi connectivity index (χ0) is 15.4. The van der Waals surface area contributed by atoms with Crippen LogP contribution in [-0.2, 0) is 0 Å². The monoisotopic (exact) mass is 292 g/mol. The Morgan fingerprint density at radius 2 is 2.19 bits per heavy atom. The van der Waals surface area contributed by atoms with E-state index in [0.29, 0.717) is 5.56 Å². The molecule has 0 saturated carbocycles. The number of methoxy groups -OCH3 is 1. The number of hydrogen-bond acceptors (Lipinski definition) is 4. The van der Waals surface area contributed by atoms with Gasteiger partial charge in [-0.1, -0.05) is 6.07 Å². The molecule has 21 heavy (non-hydrogen) atoms. The van der Waals surface area contributed by atoms with E-state index in [-0.39, 0.29) is 23.3 Å². The van der Waals surface area contributed by atoms with E-state index < -0.39 is 10.7 Å². The lowest BCUT2D eigenvalue weighted by molar-refractivity contribution is -0.409. The number of halogens is 1. The second-order valence-corrected chi connectivity index (χ2v) is 4.45. The summed E-state index contributed by atoms with van der Waals surface area (Å²) in [6.07, 6.45) is 1.58. The Labute approximate surface area is 120 Å². The maximum atomic E-state index is 13.7. The van der Waals surface area contributed by atoms with Gasteiger partial charge in [-0.05, 0) is 30.7 Å². The second-order valence-electron chi connectivity index (χ2n) is 4.45. The molecule has 0 bridgehead atoms. The van der Waals surface area contributed by atoms with E-state index >= 15 is 0 Å². The molecule has 0 fully saturated rings. The van der Waals surface area contributed by atoms with Gasteiger partial charge in [0.25, 0.3) is 0 Å². The van der Waals surface area contributed by atoms with Crippen molar-refractivity contribution in [2.24, 2.45) is 0 Å². The Bertz CT molecular complexity index is 664. The van der Waals surface area contributed by atoms with Crippen molar-refractivity contribution < 1.29 is 19.0 Å². The molecule has 2 N–H and O–H groups in total. The van der Waals surface area contributed by atoms with E-state index in [4.69, 9.17) is 4.74 Å². The van der Waals surface area contributed by atoms with Gasteiger partial charge in [-0.15, -0.1) is 0 Å². The molecule has 0 unspecified atom stereocenters. The van der Waals surface area contributed by atoms with Crippen LogP contribution in [0.15, 0.2) is 36.5 Å². The predicted octanol–water partition coefficient (Wildman–Crippen LogP) is 2.73. The summed E-state index contributed by atoms with van der Waals surface area (Å²) in [5.74, 6) is -0.0513. The molecule has 110 valence electrons. The summed E-state index contributed by atoms with van der Waals surface area (Å²) in [4.78, 5) is 13.2. The molecule has 0 aliphatic carbocycles. The van der Waals surface area contributed by atoms with Crippen molar-refractivity contribution in [3.63, 3.8) is 0 Å². The lowest BCUT2D eigenvalue weighted by Crippen LogP contribution is -2.17. The maximum absolute atomic E-state index is 13.7.